The van der Waals surface area contributed by atoms with E-state index in [1.165, 1.54) is 7.11 Å². The van der Waals surface area contributed by atoms with Gasteiger partial charge >= 0.3 is 5.97 Å². The third kappa shape index (κ3) is 2.98. The SMILES string of the molecule is COC(=O)c1ccc(Cn2nnc(C#N)c2-c2cccnc2)cc1. The molecule has 7 nitrogen and oxygen atoms in total. The van der Waals surface area contributed by atoms with Crippen LogP contribution in [0.3, 0.4) is 0 Å². The van der Waals surface area contributed by atoms with Crippen molar-refractivity contribution in [3.63, 3.8) is 0 Å². The number of benzene rings is 1. The summed E-state index contributed by atoms with van der Waals surface area (Å²) < 4.78 is 6.32. The van der Waals surface area contributed by atoms with Crippen LogP contribution in [0.2, 0.25) is 0 Å². The lowest BCUT2D eigenvalue weighted by Crippen LogP contribution is -2.06. The molecule has 2 heterocycles. The second-order valence-electron chi connectivity index (χ2n) is 4.99. The zero-order chi connectivity index (χ0) is 16.9. The topological polar surface area (TPSA) is 93.7 Å². The van der Waals surface area contributed by atoms with E-state index in [0.717, 1.165) is 11.1 Å². The van der Waals surface area contributed by atoms with Crippen molar-refractivity contribution < 1.29 is 9.53 Å². The van der Waals surface area contributed by atoms with Crippen LogP contribution in [0.5, 0.6) is 0 Å². The number of pyridine rings is 1. The Labute approximate surface area is 138 Å². The van der Waals surface area contributed by atoms with Gasteiger partial charge in [-0.3, -0.25) is 4.98 Å². The Kier molecular flexibility index (Phi) is 4.29. The molecule has 1 aromatic carbocycles. The minimum atomic E-state index is -0.384. The lowest BCUT2D eigenvalue weighted by atomic mass is 10.1. The predicted octanol–water partition coefficient (Wildman–Crippen LogP) is 2.05. The highest BCUT2D eigenvalue weighted by Crippen LogP contribution is 2.21. The van der Waals surface area contributed by atoms with Crippen LogP contribution < -0.4 is 0 Å². The zero-order valence-corrected chi connectivity index (χ0v) is 12.9. The number of carbonyl (C=O) groups excluding carboxylic acids is 1. The van der Waals surface area contributed by atoms with Crippen LogP contribution in [0.15, 0.2) is 48.8 Å². The van der Waals surface area contributed by atoms with E-state index >= 15 is 0 Å². The van der Waals surface area contributed by atoms with Crippen LogP contribution in [0, 0.1) is 11.3 Å². The van der Waals surface area contributed by atoms with Gasteiger partial charge in [-0.25, -0.2) is 9.48 Å². The van der Waals surface area contributed by atoms with Crippen molar-refractivity contribution in [1.29, 1.82) is 5.26 Å². The molecule has 3 aromatic rings. The van der Waals surface area contributed by atoms with Crippen molar-refractivity contribution >= 4 is 5.97 Å². The molecule has 0 bridgehead atoms. The highest BCUT2D eigenvalue weighted by molar-refractivity contribution is 5.89. The third-order valence-electron chi connectivity index (χ3n) is 3.48. The molecule has 0 spiro atoms. The second kappa shape index (κ2) is 6.71. The fourth-order valence-electron chi connectivity index (χ4n) is 2.32. The molecule has 0 N–H and O–H groups in total. The predicted molar refractivity (Wildman–Crippen MR) is 84.9 cm³/mol. The van der Waals surface area contributed by atoms with Crippen LogP contribution in [-0.4, -0.2) is 33.1 Å². The number of methoxy groups -OCH3 is 1. The van der Waals surface area contributed by atoms with E-state index in [-0.39, 0.29) is 11.7 Å². The van der Waals surface area contributed by atoms with Crippen LogP contribution in [0.4, 0.5) is 0 Å². The van der Waals surface area contributed by atoms with Gasteiger partial charge in [0.1, 0.15) is 11.8 Å². The summed E-state index contributed by atoms with van der Waals surface area (Å²) >= 11 is 0. The molecule has 2 aromatic heterocycles. The van der Waals surface area contributed by atoms with Gasteiger partial charge < -0.3 is 4.74 Å². The molecule has 0 radical (unpaired) electrons. The molecule has 24 heavy (non-hydrogen) atoms. The van der Waals surface area contributed by atoms with Crippen LogP contribution >= 0.6 is 0 Å². The molecule has 118 valence electrons. The number of rotatable bonds is 4. The number of hydrogen-bond acceptors (Lipinski definition) is 6. The molecule has 0 unspecified atom stereocenters. The fraction of sp³-hybridized carbons (Fsp3) is 0.118. The molecule has 0 saturated carbocycles. The Morgan fingerprint density at radius 2 is 2.08 bits per heavy atom. The van der Waals surface area contributed by atoms with Crippen molar-refractivity contribution in [1.82, 2.24) is 20.0 Å². The third-order valence-corrected chi connectivity index (χ3v) is 3.48. The molecule has 0 saturated heterocycles. The van der Waals surface area contributed by atoms with Crippen molar-refractivity contribution in [2.24, 2.45) is 0 Å². The van der Waals surface area contributed by atoms with Gasteiger partial charge in [0.2, 0.25) is 0 Å². The smallest absolute Gasteiger partial charge is 0.337 e. The first-order valence-corrected chi connectivity index (χ1v) is 7.14. The van der Waals surface area contributed by atoms with Crippen molar-refractivity contribution in [2.75, 3.05) is 7.11 Å². The first kappa shape index (κ1) is 15.4. The normalized spacial score (nSPS) is 10.2. The quantitative estimate of drug-likeness (QED) is 0.683. The first-order valence-electron chi connectivity index (χ1n) is 7.14. The summed E-state index contributed by atoms with van der Waals surface area (Å²) in [4.78, 5) is 15.5. The van der Waals surface area contributed by atoms with Crippen LogP contribution in [0.1, 0.15) is 21.6 Å². The average Bonchev–Trinajstić information content (AvgIpc) is 3.05. The maximum Gasteiger partial charge on any atom is 0.337 e. The lowest BCUT2D eigenvalue weighted by molar-refractivity contribution is 0.0600. The summed E-state index contributed by atoms with van der Waals surface area (Å²) in [5.74, 6) is -0.384. The number of esters is 1. The second-order valence-corrected chi connectivity index (χ2v) is 4.99. The van der Waals surface area contributed by atoms with E-state index < -0.39 is 0 Å². The Bertz CT molecular complexity index is 895. The summed E-state index contributed by atoms with van der Waals surface area (Å²) in [6.07, 6.45) is 3.33. The van der Waals surface area contributed by atoms with Gasteiger partial charge in [0.15, 0.2) is 5.69 Å². The zero-order valence-electron chi connectivity index (χ0n) is 12.9. The van der Waals surface area contributed by atoms with Gasteiger partial charge in [0.05, 0.1) is 19.2 Å². The first-order chi connectivity index (χ1) is 11.7. The summed E-state index contributed by atoms with van der Waals surface area (Å²) in [7, 11) is 1.34. The van der Waals surface area contributed by atoms with E-state index in [2.05, 4.69) is 20.0 Å². The molecule has 3 rings (SSSR count). The highest BCUT2D eigenvalue weighted by Gasteiger charge is 2.15. The maximum atomic E-state index is 11.5. The number of hydrogen-bond donors (Lipinski definition) is 0. The average molecular weight is 319 g/mol. The van der Waals surface area contributed by atoms with Gasteiger partial charge in [-0.15, -0.1) is 5.10 Å². The monoisotopic (exact) mass is 319 g/mol. The Morgan fingerprint density at radius 1 is 1.29 bits per heavy atom. The summed E-state index contributed by atoms with van der Waals surface area (Å²) in [6.45, 7) is 0.417. The Balaban J connectivity index is 1.93. The fourth-order valence-corrected chi connectivity index (χ4v) is 2.32. The molecule has 0 aliphatic carbocycles. The highest BCUT2D eigenvalue weighted by atomic mass is 16.5. The standard InChI is InChI=1S/C17H13N5O2/c1-24-17(23)13-6-4-12(5-7-13)11-22-16(15(9-18)20-21-22)14-3-2-8-19-10-14/h2-8,10H,11H2,1H3. The molecule has 0 aliphatic heterocycles. The molecule has 0 fully saturated rings. The Hall–Kier alpha value is -3.53. The maximum absolute atomic E-state index is 11.5. The van der Waals surface area contributed by atoms with E-state index in [9.17, 15) is 10.1 Å². The summed E-state index contributed by atoms with van der Waals surface area (Å²) in [5.41, 5.74) is 3.02. The summed E-state index contributed by atoms with van der Waals surface area (Å²) in [6, 6.07) is 12.7. The minimum Gasteiger partial charge on any atom is -0.465 e. The van der Waals surface area contributed by atoms with Crippen molar-refractivity contribution in [3.8, 4) is 17.3 Å². The number of aromatic nitrogens is 4. The van der Waals surface area contributed by atoms with Crippen LogP contribution in [0.25, 0.3) is 11.3 Å². The van der Waals surface area contributed by atoms with E-state index in [1.54, 1.807) is 35.3 Å². The molecular formula is C17H13N5O2. The number of nitriles is 1. The number of ether oxygens (including phenoxy) is 1. The Morgan fingerprint density at radius 3 is 2.71 bits per heavy atom. The minimum absolute atomic E-state index is 0.245. The van der Waals surface area contributed by atoms with Crippen molar-refractivity contribution in [3.05, 3.63) is 65.6 Å². The summed E-state index contributed by atoms with van der Waals surface area (Å²) in [5, 5.41) is 17.2. The largest absolute Gasteiger partial charge is 0.465 e. The molecule has 7 heteroatoms. The molecule has 0 aliphatic rings. The number of carbonyl (C=O) groups is 1. The lowest BCUT2D eigenvalue weighted by Gasteiger charge is -2.07. The van der Waals surface area contributed by atoms with Gasteiger partial charge in [-0.1, -0.05) is 17.3 Å². The van der Waals surface area contributed by atoms with E-state index in [0.29, 0.717) is 17.8 Å². The van der Waals surface area contributed by atoms with E-state index in [4.69, 9.17) is 0 Å². The number of nitrogens with zero attached hydrogens (tertiary/aromatic N) is 5. The van der Waals surface area contributed by atoms with Gasteiger partial charge in [0.25, 0.3) is 0 Å². The van der Waals surface area contributed by atoms with Gasteiger partial charge in [-0.2, -0.15) is 5.26 Å². The molecular weight excluding hydrogens is 306 g/mol. The van der Waals surface area contributed by atoms with Crippen LogP contribution in [-0.2, 0) is 11.3 Å². The molecule has 0 amide bonds. The van der Waals surface area contributed by atoms with Crippen molar-refractivity contribution in [2.45, 2.75) is 6.54 Å². The van der Waals surface area contributed by atoms with E-state index in [1.807, 2.05) is 24.3 Å². The molecule has 0 atom stereocenters. The van der Waals surface area contributed by atoms with Gasteiger partial charge in [-0.05, 0) is 29.8 Å². The van der Waals surface area contributed by atoms with Gasteiger partial charge in [0, 0.05) is 18.0 Å².